The fourth-order valence-electron chi connectivity index (χ4n) is 5.01. The number of aliphatic hydroxyl groups excluding tert-OH is 2. The van der Waals surface area contributed by atoms with Crippen molar-refractivity contribution < 1.29 is 33.0 Å². The third-order valence-electron chi connectivity index (χ3n) is 7.40. The van der Waals surface area contributed by atoms with Crippen molar-refractivity contribution in [3.8, 4) is 0 Å². The minimum Gasteiger partial charge on any atom is -0.391 e. The molecule has 4 rings (SSSR count). The van der Waals surface area contributed by atoms with Gasteiger partial charge in [-0.1, -0.05) is 11.6 Å². The number of hydrogen-bond acceptors (Lipinski definition) is 5. The number of β-amino-alcohol motifs (C(OH)–C–C–N with tert-alkyl or cyclic N) is 2. The molecule has 2 amide bonds. The average molecular weight is 504 g/mol. The van der Waals surface area contributed by atoms with Crippen LogP contribution in [0.3, 0.4) is 0 Å². The second-order valence-electron chi connectivity index (χ2n) is 9.64. The van der Waals surface area contributed by atoms with Crippen molar-refractivity contribution in [1.29, 1.82) is 0 Å². The summed E-state index contributed by atoms with van der Waals surface area (Å²) in [7, 11) is 0. The predicted molar refractivity (Wildman–Crippen MR) is 119 cm³/mol. The summed E-state index contributed by atoms with van der Waals surface area (Å²) in [4.78, 5) is 30.2. The Balaban J connectivity index is 1.31. The van der Waals surface area contributed by atoms with E-state index >= 15 is 0 Å². The summed E-state index contributed by atoms with van der Waals surface area (Å²) >= 11 is 5.83. The summed E-state index contributed by atoms with van der Waals surface area (Å²) in [5.74, 6) is -0.543. The lowest BCUT2D eigenvalue weighted by atomic mass is 9.90. The van der Waals surface area contributed by atoms with Crippen LogP contribution in [-0.4, -0.2) is 82.8 Å². The highest BCUT2D eigenvalue weighted by molar-refractivity contribution is 6.31. The Morgan fingerprint density at radius 2 is 1.94 bits per heavy atom. The zero-order valence-corrected chi connectivity index (χ0v) is 19.6. The summed E-state index contributed by atoms with van der Waals surface area (Å²) in [6.45, 7) is 3.05. The molecule has 3 aliphatic rings. The number of hydrogen-bond donors (Lipinski definition) is 2. The van der Waals surface area contributed by atoms with Crippen LogP contribution in [0, 0.1) is 5.41 Å². The summed E-state index contributed by atoms with van der Waals surface area (Å²) in [6.07, 6.45) is -3.54. The highest BCUT2D eigenvalue weighted by Gasteiger charge is 2.51. The minimum atomic E-state index is -4.56. The van der Waals surface area contributed by atoms with Crippen LogP contribution >= 0.6 is 11.6 Å². The van der Waals surface area contributed by atoms with Gasteiger partial charge in [-0.2, -0.15) is 13.2 Å². The molecule has 7 nitrogen and oxygen atoms in total. The molecule has 3 atom stereocenters. The van der Waals surface area contributed by atoms with Gasteiger partial charge < -0.3 is 24.9 Å². The number of piperazine rings is 1. The smallest absolute Gasteiger partial charge is 0.391 e. The number of rotatable bonds is 5. The quantitative estimate of drug-likeness (QED) is 0.645. The number of halogens is 4. The van der Waals surface area contributed by atoms with E-state index in [1.807, 2.05) is 0 Å². The van der Waals surface area contributed by atoms with Gasteiger partial charge in [-0.05, 0) is 49.8 Å². The highest BCUT2D eigenvalue weighted by atomic mass is 35.5. The molecule has 2 heterocycles. The molecule has 1 saturated carbocycles. The largest absolute Gasteiger partial charge is 0.417 e. The van der Waals surface area contributed by atoms with Crippen LogP contribution in [0.4, 0.5) is 18.9 Å². The molecule has 0 radical (unpaired) electrons. The molecule has 34 heavy (non-hydrogen) atoms. The molecule has 2 saturated heterocycles. The Bertz CT molecular complexity index is 956. The van der Waals surface area contributed by atoms with E-state index in [4.69, 9.17) is 11.6 Å². The highest BCUT2D eigenvalue weighted by Crippen LogP contribution is 2.53. The summed E-state index contributed by atoms with van der Waals surface area (Å²) in [6, 6.07) is 2.73. The number of carbonyl (C=O) groups is 2. The second-order valence-corrected chi connectivity index (χ2v) is 10.0. The Morgan fingerprint density at radius 3 is 2.53 bits per heavy atom. The molecule has 1 aromatic carbocycles. The van der Waals surface area contributed by atoms with Crippen molar-refractivity contribution in [3.05, 3.63) is 28.8 Å². The first-order valence-electron chi connectivity index (χ1n) is 11.5. The van der Waals surface area contributed by atoms with E-state index in [9.17, 15) is 33.0 Å². The normalized spacial score (nSPS) is 25.6. The number of benzene rings is 1. The summed E-state index contributed by atoms with van der Waals surface area (Å²) in [5, 5.41) is 20.3. The molecule has 2 N–H and O–H groups in total. The van der Waals surface area contributed by atoms with Crippen LogP contribution in [0.15, 0.2) is 18.2 Å². The fraction of sp³-hybridized carbons (Fsp3) is 0.652. The van der Waals surface area contributed by atoms with Gasteiger partial charge in [-0.25, -0.2) is 0 Å². The van der Waals surface area contributed by atoms with E-state index in [-0.39, 0.29) is 43.3 Å². The van der Waals surface area contributed by atoms with Gasteiger partial charge in [0.2, 0.25) is 11.8 Å². The fourth-order valence-corrected chi connectivity index (χ4v) is 5.30. The Kier molecular flexibility index (Phi) is 6.78. The van der Waals surface area contributed by atoms with Crippen molar-refractivity contribution >= 4 is 29.1 Å². The molecular formula is C23H29ClF3N3O4. The van der Waals surface area contributed by atoms with E-state index in [2.05, 4.69) is 0 Å². The predicted octanol–water partition coefficient (Wildman–Crippen LogP) is 2.52. The maximum atomic E-state index is 13.0. The molecule has 11 heteroatoms. The summed E-state index contributed by atoms with van der Waals surface area (Å²) in [5.41, 5.74) is -0.544. The minimum absolute atomic E-state index is 0.0170. The second kappa shape index (κ2) is 9.20. The Hall–Kier alpha value is -2.04. The lowest BCUT2D eigenvalue weighted by Gasteiger charge is -2.41. The number of alkyl halides is 3. The molecule has 188 valence electrons. The average Bonchev–Trinajstić information content (AvgIpc) is 3.53. The molecule has 0 bridgehead atoms. The molecule has 2 aliphatic heterocycles. The van der Waals surface area contributed by atoms with Crippen LogP contribution in [0.5, 0.6) is 0 Å². The lowest BCUT2D eigenvalue weighted by molar-refractivity contribution is -0.141. The van der Waals surface area contributed by atoms with Gasteiger partial charge in [0.1, 0.15) is 6.04 Å². The lowest BCUT2D eigenvalue weighted by Crippen LogP contribution is -2.57. The summed E-state index contributed by atoms with van der Waals surface area (Å²) < 4.78 is 38.9. The Morgan fingerprint density at radius 1 is 1.24 bits per heavy atom. The first kappa shape index (κ1) is 25.1. The topological polar surface area (TPSA) is 84.3 Å². The zero-order chi connectivity index (χ0) is 24.8. The van der Waals surface area contributed by atoms with Crippen molar-refractivity contribution in [2.24, 2.45) is 5.41 Å². The van der Waals surface area contributed by atoms with Gasteiger partial charge in [0.05, 0.1) is 29.2 Å². The van der Waals surface area contributed by atoms with Crippen molar-refractivity contribution in [2.75, 3.05) is 37.6 Å². The van der Waals surface area contributed by atoms with Gasteiger partial charge in [0, 0.05) is 38.4 Å². The van der Waals surface area contributed by atoms with E-state index in [1.165, 1.54) is 17.0 Å². The van der Waals surface area contributed by atoms with Gasteiger partial charge in [-0.15, -0.1) is 0 Å². The Labute approximate surface area is 201 Å². The van der Waals surface area contributed by atoms with Gasteiger partial charge in [-0.3, -0.25) is 9.59 Å². The number of likely N-dealkylation sites (tertiary alicyclic amines) is 1. The number of anilines is 1. The van der Waals surface area contributed by atoms with E-state index < -0.39 is 35.0 Å². The maximum absolute atomic E-state index is 13.0. The third kappa shape index (κ3) is 4.99. The first-order valence-corrected chi connectivity index (χ1v) is 11.9. The van der Waals surface area contributed by atoms with Gasteiger partial charge in [0.15, 0.2) is 0 Å². The van der Waals surface area contributed by atoms with Crippen molar-refractivity contribution in [1.82, 2.24) is 9.80 Å². The monoisotopic (exact) mass is 503 g/mol. The molecule has 1 aromatic rings. The van der Waals surface area contributed by atoms with Crippen molar-refractivity contribution in [2.45, 2.75) is 57.0 Å². The molecule has 0 aromatic heterocycles. The van der Waals surface area contributed by atoms with Gasteiger partial charge in [0.25, 0.3) is 0 Å². The van der Waals surface area contributed by atoms with Crippen LogP contribution in [0.25, 0.3) is 0 Å². The van der Waals surface area contributed by atoms with E-state index in [0.717, 1.165) is 25.3 Å². The zero-order valence-electron chi connectivity index (χ0n) is 18.9. The molecule has 1 spiro atoms. The number of nitrogens with zero attached hydrogens (tertiary/aromatic N) is 3. The first-order chi connectivity index (χ1) is 15.9. The van der Waals surface area contributed by atoms with E-state index in [0.29, 0.717) is 18.8 Å². The molecule has 3 unspecified atom stereocenters. The number of piperidine rings is 1. The molecule has 3 fully saturated rings. The number of aliphatic hydroxyl groups is 2. The van der Waals surface area contributed by atoms with Crippen molar-refractivity contribution in [3.63, 3.8) is 0 Å². The van der Waals surface area contributed by atoms with Crippen LogP contribution in [0.1, 0.15) is 38.2 Å². The number of amides is 2. The van der Waals surface area contributed by atoms with E-state index in [1.54, 1.807) is 16.7 Å². The standard InChI is InChI=1S/C23H29ClF3N3O4/c1-14-21(34)29(8-9-30(14)15-2-3-17(18(24)10-15)23(25,26)27)12-16(31)11-20(33)28-7-6-22(4-5-22)19(32)13-28/h2-3,10,14,16,19,31-32H,4-9,11-13H2,1H3. The van der Waals surface area contributed by atoms with Crippen LogP contribution < -0.4 is 4.90 Å². The van der Waals surface area contributed by atoms with Crippen LogP contribution in [-0.2, 0) is 15.8 Å². The van der Waals surface area contributed by atoms with Crippen LogP contribution in [0.2, 0.25) is 5.02 Å². The number of carbonyl (C=O) groups excluding carboxylic acids is 2. The maximum Gasteiger partial charge on any atom is 0.417 e. The molecule has 1 aliphatic carbocycles. The SMILES string of the molecule is CC1C(=O)N(CC(O)CC(=O)N2CCC3(CC3)C(O)C2)CCN1c1ccc(C(F)(F)F)c(Cl)c1. The third-order valence-corrected chi connectivity index (χ3v) is 7.72. The van der Waals surface area contributed by atoms with Gasteiger partial charge >= 0.3 is 6.18 Å². The molecular weight excluding hydrogens is 475 g/mol.